The first-order valence-corrected chi connectivity index (χ1v) is 14.0. The molecule has 0 saturated heterocycles. The van der Waals surface area contributed by atoms with Gasteiger partial charge < -0.3 is 20.3 Å². The van der Waals surface area contributed by atoms with Crippen LogP contribution < -0.4 is 10.6 Å². The van der Waals surface area contributed by atoms with E-state index >= 15 is 0 Å². The predicted octanol–water partition coefficient (Wildman–Crippen LogP) is 6.22. The lowest BCUT2D eigenvalue weighted by Gasteiger charge is -2.36. The van der Waals surface area contributed by atoms with Gasteiger partial charge in [0.1, 0.15) is 17.7 Å². The Morgan fingerprint density at radius 2 is 1.62 bits per heavy atom. The molecule has 0 aliphatic heterocycles. The van der Waals surface area contributed by atoms with Gasteiger partial charge in [-0.15, -0.1) is 0 Å². The van der Waals surface area contributed by atoms with E-state index < -0.39 is 23.8 Å². The fraction of sp³-hybridized carbons (Fsp3) is 0.700. The molecule has 0 aliphatic carbocycles. The summed E-state index contributed by atoms with van der Waals surface area (Å²) >= 11 is 0. The Kier molecular flexibility index (Phi) is 13.7. The molecule has 3 amide bonds. The topological polar surface area (TPSA) is 87.7 Å². The highest BCUT2D eigenvalue weighted by atomic mass is 16.6. The van der Waals surface area contributed by atoms with Crippen LogP contribution in [-0.2, 0) is 14.3 Å². The van der Waals surface area contributed by atoms with Gasteiger partial charge in [0.15, 0.2) is 0 Å². The number of ether oxygens (including phenoxy) is 1. The van der Waals surface area contributed by atoms with Crippen molar-refractivity contribution in [1.29, 1.82) is 0 Å². The van der Waals surface area contributed by atoms with Crippen LogP contribution in [0.25, 0.3) is 0 Å². The molecule has 0 radical (unpaired) electrons. The molecule has 0 saturated carbocycles. The Labute approximate surface area is 225 Å². The molecule has 1 rings (SSSR count). The van der Waals surface area contributed by atoms with Gasteiger partial charge in [0, 0.05) is 13.1 Å². The van der Waals surface area contributed by atoms with Crippen molar-refractivity contribution in [3.63, 3.8) is 0 Å². The number of carbonyl (C=O) groups is 3. The lowest BCUT2D eigenvalue weighted by Crippen LogP contribution is -2.55. The number of benzene rings is 1. The van der Waals surface area contributed by atoms with E-state index in [9.17, 15) is 14.4 Å². The summed E-state index contributed by atoms with van der Waals surface area (Å²) in [6.45, 7) is 18.3. The van der Waals surface area contributed by atoms with Gasteiger partial charge in [-0.2, -0.15) is 0 Å². The number of nitrogens with zero attached hydrogens (tertiary/aromatic N) is 1. The zero-order valence-corrected chi connectivity index (χ0v) is 24.7. The summed E-state index contributed by atoms with van der Waals surface area (Å²) in [6.07, 6.45) is 5.06. The highest BCUT2D eigenvalue weighted by Crippen LogP contribution is 2.28. The van der Waals surface area contributed by atoms with Gasteiger partial charge in [0.25, 0.3) is 0 Å². The number of amides is 3. The molecule has 2 N–H and O–H groups in total. The van der Waals surface area contributed by atoms with Crippen LogP contribution in [0.2, 0.25) is 0 Å². The molecule has 0 spiro atoms. The fourth-order valence-electron chi connectivity index (χ4n) is 4.27. The van der Waals surface area contributed by atoms with E-state index in [1.54, 1.807) is 25.7 Å². The van der Waals surface area contributed by atoms with Crippen molar-refractivity contribution in [1.82, 2.24) is 15.5 Å². The number of alkyl carbamates (subject to hydrolysis) is 1. The number of hydrogen-bond donors (Lipinski definition) is 2. The molecule has 0 bridgehead atoms. The van der Waals surface area contributed by atoms with Crippen LogP contribution in [0.5, 0.6) is 0 Å². The zero-order valence-electron chi connectivity index (χ0n) is 24.7. The van der Waals surface area contributed by atoms with Crippen molar-refractivity contribution >= 4 is 17.9 Å². The predicted molar refractivity (Wildman–Crippen MR) is 150 cm³/mol. The normalized spacial score (nSPS) is 13.1. The zero-order chi connectivity index (χ0) is 28.2. The molecule has 2 atom stereocenters. The standard InChI is InChI=1S/C30H51N3O4/c1-10-12-14-15-19-33(28(35)25(21(3)4)32-29(36)37-30(7,8)9)26(27(34)31-18-13-11-2)24-17-16-22(5)20-23(24)6/h16-17,20-21,25-26H,10-15,18-19H2,1-9H3,(H,31,34)(H,32,36). The number of hydrogen-bond acceptors (Lipinski definition) is 4. The molecule has 37 heavy (non-hydrogen) atoms. The van der Waals surface area contributed by atoms with Crippen LogP contribution in [-0.4, -0.2) is 47.5 Å². The third-order valence-corrected chi connectivity index (χ3v) is 6.25. The van der Waals surface area contributed by atoms with Crippen LogP contribution in [0.4, 0.5) is 4.79 Å². The van der Waals surface area contributed by atoms with Gasteiger partial charge in [-0.3, -0.25) is 9.59 Å². The first-order valence-electron chi connectivity index (χ1n) is 14.0. The van der Waals surface area contributed by atoms with E-state index in [-0.39, 0.29) is 17.7 Å². The van der Waals surface area contributed by atoms with E-state index in [4.69, 9.17) is 4.74 Å². The molecular weight excluding hydrogens is 466 g/mol. The van der Waals surface area contributed by atoms with Crippen LogP contribution in [0.3, 0.4) is 0 Å². The second kappa shape index (κ2) is 15.6. The lowest BCUT2D eigenvalue weighted by atomic mass is 9.94. The van der Waals surface area contributed by atoms with Gasteiger partial charge in [-0.05, 0) is 64.5 Å². The summed E-state index contributed by atoms with van der Waals surface area (Å²) in [6, 6.07) is 4.37. The molecule has 0 heterocycles. The third kappa shape index (κ3) is 11.1. The summed E-state index contributed by atoms with van der Waals surface area (Å²) in [5.41, 5.74) is 2.18. The quantitative estimate of drug-likeness (QED) is 0.287. The summed E-state index contributed by atoms with van der Waals surface area (Å²) < 4.78 is 5.45. The Morgan fingerprint density at radius 3 is 2.16 bits per heavy atom. The van der Waals surface area contributed by atoms with Crippen LogP contribution in [0, 0.1) is 19.8 Å². The van der Waals surface area contributed by atoms with Crippen molar-refractivity contribution in [2.45, 2.75) is 119 Å². The molecular formula is C30H51N3O4. The molecule has 0 aliphatic rings. The second-order valence-electron chi connectivity index (χ2n) is 11.4. The monoisotopic (exact) mass is 517 g/mol. The molecule has 7 nitrogen and oxygen atoms in total. The van der Waals surface area contributed by atoms with Crippen molar-refractivity contribution in [3.8, 4) is 0 Å². The largest absolute Gasteiger partial charge is 0.444 e. The van der Waals surface area contributed by atoms with Gasteiger partial charge in [0.2, 0.25) is 11.8 Å². The van der Waals surface area contributed by atoms with E-state index in [0.717, 1.165) is 55.2 Å². The minimum atomic E-state index is -0.822. The second-order valence-corrected chi connectivity index (χ2v) is 11.4. The SMILES string of the molecule is CCCCCCN(C(=O)C(NC(=O)OC(C)(C)C)C(C)C)C(C(=O)NCCCC)c1ccc(C)cc1C. The maximum Gasteiger partial charge on any atom is 0.408 e. The Bertz CT molecular complexity index is 876. The van der Waals surface area contributed by atoms with Gasteiger partial charge >= 0.3 is 6.09 Å². The smallest absolute Gasteiger partial charge is 0.408 e. The van der Waals surface area contributed by atoms with Crippen molar-refractivity contribution in [3.05, 3.63) is 34.9 Å². The van der Waals surface area contributed by atoms with E-state index in [1.807, 2.05) is 45.9 Å². The van der Waals surface area contributed by atoms with Crippen molar-refractivity contribution < 1.29 is 19.1 Å². The van der Waals surface area contributed by atoms with Crippen molar-refractivity contribution in [2.24, 2.45) is 5.92 Å². The summed E-state index contributed by atoms with van der Waals surface area (Å²) in [5.74, 6) is -0.655. The Morgan fingerprint density at radius 1 is 0.973 bits per heavy atom. The average Bonchev–Trinajstić information content (AvgIpc) is 2.78. The number of nitrogens with one attached hydrogen (secondary N) is 2. The summed E-state index contributed by atoms with van der Waals surface area (Å²) in [5, 5.41) is 5.85. The lowest BCUT2D eigenvalue weighted by molar-refractivity contribution is -0.143. The highest BCUT2D eigenvalue weighted by Gasteiger charge is 2.37. The average molecular weight is 518 g/mol. The highest BCUT2D eigenvalue weighted by molar-refractivity contribution is 5.92. The molecule has 1 aromatic carbocycles. The van der Waals surface area contributed by atoms with Crippen LogP contribution in [0.1, 0.15) is 110 Å². The molecule has 0 aromatic heterocycles. The molecule has 2 unspecified atom stereocenters. The van der Waals surface area contributed by atoms with Gasteiger partial charge in [-0.1, -0.05) is 77.1 Å². The molecule has 7 heteroatoms. The van der Waals surface area contributed by atoms with Crippen LogP contribution >= 0.6 is 0 Å². The van der Waals surface area contributed by atoms with Gasteiger partial charge in [-0.25, -0.2) is 4.79 Å². The van der Waals surface area contributed by atoms with E-state index in [2.05, 4.69) is 24.5 Å². The Balaban J connectivity index is 3.48. The minimum absolute atomic E-state index is 0.191. The molecule has 1 aromatic rings. The number of unbranched alkanes of at least 4 members (excludes halogenated alkanes) is 4. The Hall–Kier alpha value is -2.57. The van der Waals surface area contributed by atoms with Gasteiger partial charge in [0.05, 0.1) is 0 Å². The van der Waals surface area contributed by atoms with E-state index in [1.165, 1.54) is 0 Å². The van der Waals surface area contributed by atoms with Crippen molar-refractivity contribution in [2.75, 3.05) is 13.1 Å². The summed E-state index contributed by atoms with van der Waals surface area (Å²) in [4.78, 5) is 42.2. The first kappa shape index (κ1) is 32.5. The van der Waals surface area contributed by atoms with E-state index in [0.29, 0.717) is 13.1 Å². The molecule has 0 fully saturated rings. The third-order valence-electron chi connectivity index (χ3n) is 6.25. The summed E-state index contributed by atoms with van der Waals surface area (Å²) in [7, 11) is 0. The fourth-order valence-corrected chi connectivity index (χ4v) is 4.27. The number of carbonyl (C=O) groups excluding carboxylic acids is 3. The number of aryl methyl sites for hydroxylation is 2. The number of rotatable bonds is 14. The molecule has 210 valence electrons. The minimum Gasteiger partial charge on any atom is -0.444 e. The maximum atomic E-state index is 14.2. The van der Waals surface area contributed by atoms with Crippen LogP contribution in [0.15, 0.2) is 18.2 Å². The first-order chi connectivity index (χ1) is 17.3. The maximum absolute atomic E-state index is 14.2.